The van der Waals surface area contributed by atoms with Gasteiger partial charge < -0.3 is 10.1 Å². The summed E-state index contributed by atoms with van der Waals surface area (Å²) in [6.45, 7) is 1.97. The quantitative estimate of drug-likeness (QED) is 0.487. The lowest BCUT2D eigenvalue weighted by Crippen LogP contribution is -2.19. The maximum Gasteiger partial charge on any atom is 0.261 e. The number of rotatable bonds is 5. The normalized spacial score (nSPS) is 18.5. The fraction of sp³-hybridized carbons (Fsp3) is 0.304. The molecule has 9 nitrogen and oxygen atoms in total. The fourth-order valence-corrected chi connectivity index (χ4v) is 4.15. The second-order valence-corrected chi connectivity index (χ2v) is 8.20. The molecule has 0 radical (unpaired) electrons. The van der Waals surface area contributed by atoms with E-state index in [9.17, 15) is 9.59 Å². The van der Waals surface area contributed by atoms with Crippen molar-refractivity contribution in [2.24, 2.45) is 5.92 Å². The van der Waals surface area contributed by atoms with Gasteiger partial charge in [0.2, 0.25) is 0 Å². The molecule has 0 bridgehead atoms. The molecule has 4 heterocycles. The van der Waals surface area contributed by atoms with Crippen molar-refractivity contribution in [3.8, 4) is 11.4 Å². The topological polar surface area (TPSA) is 107 Å². The van der Waals surface area contributed by atoms with E-state index in [0.29, 0.717) is 28.3 Å². The molecule has 4 aromatic heterocycles. The van der Waals surface area contributed by atoms with Crippen molar-refractivity contribution in [1.29, 1.82) is 0 Å². The molecule has 1 N–H and O–H groups in total. The van der Waals surface area contributed by atoms with Crippen LogP contribution in [0.3, 0.4) is 0 Å². The molecule has 0 spiro atoms. The van der Waals surface area contributed by atoms with Crippen molar-refractivity contribution in [2.45, 2.75) is 38.6 Å². The summed E-state index contributed by atoms with van der Waals surface area (Å²) in [5, 5.41) is 12.0. The summed E-state index contributed by atoms with van der Waals surface area (Å²) < 4.78 is 3.47. The number of aldehydes is 1. The summed E-state index contributed by atoms with van der Waals surface area (Å²) >= 11 is 0. The molecule has 1 fully saturated rings. The minimum Gasteiger partial charge on any atom is -0.319 e. The van der Waals surface area contributed by atoms with Gasteiger partial charge in [0.15, 0.2) is 5.65 Å². The third-order valence-corrected chi connectivity index (χ3v) is 5.97. The largest absolute Gasteiger partial charge is 0.319 e. The van der Waals surface area contributed by atoms with Gasteiger partial charge in [-0.05, 0) is 50.3 Å². The Bertz CT molecular complexity index is 1270. The second-order valence-electron chi connectivity index (χ2n) is 8.20. The molecule has 1 aliphatic rings. The highest BCUT2D eigenvalue weighted by atomic mass is 16.1. The van der Waals surface area contributed by atoms with Gasteiger partial charge in [0.1, 0.15) is 17.5 Å². The predicted octanol–water partition coefficient (Wildman–Crippen LogP) is 3.48. The van der Waals surface area contributed by atoms with Gasteiger partial charge in [0.05, 0.1) is 23.6 Å². The third kappa shape index (κ3) is 3.77. The Morgan fingerprint density at radius 1 is 1.16 bits per heavy atom. The first-order valence-electron chi connectivity index (χ1n) is 10.7. The minimum atomic E-state index is -0.309. The van der Waals surface area contributed by atoms with Crippen molar-refractivity contribution in [3.05, 3.63) is 60.3 Å². The Hall–Kier alpha value is -3.88. The van der Waals surface area contributed by atoms with Crippen LogP contribution in [0.15, 0.2) is 49.2 Å². The van der Waals surface area contributed by atoms with Crippen molar-refractivity contribution >= 4 is 23.5 Å². The van der Waals surface area contributed by atoms with Crippen LogP contribution in [0.5, 0.6) is 0 Å². The minimum absolute atomic E-state index is 0.127. The molecule has 5 rings (SSSR count). The Balaban J connectivity index is 1.48. The van der Waals surface area contributed by atoms with E-state index in [0.717, 1.165) is 37.5 Å². The van der Waals surface area contributed by atoms with E-state index in [2.05, 4.69) is 20.4 Å². The van der Waals surface area contributed by atoms with Crippen molar-refractivity contribution in [2.75, 3.05) is 5.32 Å². The van der Waals surface area contributed by atoms with Gasteiger partial charge >= 0.3 is 0 Å². The zero-order chi connectivity index (χ0) is 22.1. The third-order valence-electron chi connectivity index (χ3n) is 5.97. The number of carbonyl (C=O) groups is 2. The zero-order valence-electron chi connectivity index (χ0n) is 17.7. The van der Waals surface area contributed by atoms with Crippen molar-refractivity contribution < 1.29 is 9.59 Å². The second kappa shape index (κ2) is 8.33. The summed E-state index contributed by atoms with van der Waals surface area (Å²) in [4.78, 5) is 33.0. The van der Waals surface area contributed by atoms with Crippen LogP contribution in [0.25, 0.3) is 17.0 Å². The monoisotopic (exact) mass is 429 g/mol. The molecular weight excluding hydrogens is 406 g/mol. The standard InChI is InChI=1S/C23H23N7O2/c1-15-3-8-19(25-11-15)21-20(13-30(28-21)17-6-4-16(14-31)5-7-17)27-23(32)18-12-26-29-10-2-9-24-22(18)29/h2-3,8-14,16-17H,4-7H2,1H3,(H,27,32). The lowest BCUT2D eigenvalue weighted by molar-refractivity contribution is -0.112. The number of fused-ring (bicyclic) bond motifs is 1. The predicted molar refractivity (Wildman–Crippen MR) is 118 cm³/mol. The van der Waals surface area contributed by atoms with E-state index in [1.807, 2.05) is 29.9 Å². The van der Waals surface area contributed by atoms with E-state index in [4.69, 9.17) is 5.10 Å². The first-order chi connectivity index (χ1) is 15.6. The number of aromatic nitrogens is 6. The number of hydrogen-bond acceptors (Lipinski definition) is 6. The molecule has 1 amide bonds. The highest BCUT2D eigenvalue weighted by molar-refractivity contribution is 6.09. The summed E-state index contributed by atoms with van der Waals surface area (Å²) in [7, 11) is 0. The lowest BCUT2D eigenvalue weighted by atomic mass is 9.87. The average molecular weight is 429 g/mol. The SMILES string of the molecule is Cc1ccc(-c2nn(C3CCC(C=O)CC3)cc2NC(=O)c2cnn3cccnc23)nc1. The van der Waals surface area contributed by atoms with E-state index in [-0.39, 0.29) is 17.9 Å². The Labute approximate surface area is 184 Å². The first-order valence-corrected chi connectivity index (χ1v) is 10.7. The summed E-state index contributed by atoms with van der Waals surface area (Å²) in [5.41, 5.74) is 3.79. The number of nitrogens with one attached hydrogen (secondary N) is 1. The van der Waals surface area contributed by atoms with E-state index < -0.39 is 0 Å². The Morgan fingerprint density at radius 3 is 2.75 bits per heavy atom. The van der Waals surface area contributed by atoms with E-state index in [1.54, 1.807) is 29.2 Å². The molecule has 0 aromatic carbocycles. The molecule has 32 heavy (non-hydrogen) atoms. The van der Waals surface area contributed by atoms with Gasteiger partial charge in [0.25, 0.3) is 5.91 Å². The summed E-state index contributed by atoms with van der Waals surface area (Å²) in [5.74, 6) is -0.182. The fourth-order valence-electron chi connectivity index (χ4n) is 4.15. The number of anilines is 1. The number of aryl methyl sites for hydroxylation is 1. The molecule has 0 atom stereocenters. The van der Waals surface area contributed by atoms with E-state index >= 15 is 0 Å². The van der Waals surface area contributed by atoms with Gasteiger partial charge in [-0.2, -0.15) is 10.2 Å². The molecule has 1 saturated carbocycles. The van der Waals surface area contributed by atoms with Gasteiger partial charge in [-0.25, -0.2) is 9.50 Å². The molecule has 0 unspecified atom stereocenters. The number of carbonyl (C=O) groups excluding carboxylic acids is 2. The van der Waals surface area contributed by atoms with Gasteiger partial charge in [-0.1, -0.05) is 6.07 Å². The van der Waals surface area contributed by atoms with Crippen molar-refractivity contribution in [1.82, 2.24) is 29.4 Å². The van der Waals surface area contributed by atoms with Crippen LogP contribution in [0.4, 0.5) is 5.69 Å². The molecule has 4 aromatic rings. The van der Waals surface area contributed by atoms with Crippen LogP contribution >= 0.6 is 0 Å². The lowest BCUT2D eigenvalue weighted by Gasteiger charge is -2.25. The molecule has 9 heteroatoms. The summed E-state index contributed by atoms with van der Waals surface area (Å²) in [6, 6.07) is 5.81. The van der Waals surface area contributed by atoms with Gasteiger partial charge in [-0.3, -0.25) is 14.5 Å². The maximum atomic E-state index is 13.1. The Morgan fingerprint density at radius 2 is 2.00 bits per heavy atom. The van der Waals surface area contributed by atoms with Crippen LogP contribution in [0.2, 0.25) is 0 Å². The zero-order valence-corrected chi connectivity index (χ0v) is 17.7. The van der Waals surface area contributed by atoms with Gasteiger partial charge in [-0.15, -0.1) is 0 Å². The van der Waals surface area contributed by atoms with Crippen LogP contribution in [0.1, 0.15) is 47.6 Å². The van der Waals surface area contributed by atoms with Crippen molar-refractivity contribution in [3.63, 3.8) is 0 Å². The number of pyridine rings is 1. The van der Waals surface area contributed by atoms with Crippen LogP contribution in [-0.4, -0.2) is 41.6 Å². The van der Waals surface area contributed by atoms with Crippen LogP contribution < -0.4 is 5.32 Å². The number of amides is 1. The number of hydrogen-bond donors (Lipinski definition) is 1. The molecule has 0 aliphatic heterocycles. The Kier molecular flexibility index (Phi) is 5.22. The first kappa shape index (κ1) is 20.0. The van der Waals surface area contributed by atoms with Gasteiger partial charge in [0, 0.05) is 30.7 Å². The molecule has 162 valence electrons. The average Bonchev–Trinajstić information content (AvgIpc) is 3.44. The molecule has 1 aliphatic carbocycles. The highest BCUT2D eigenvalue weighted by Crippen LogP contribution is 2.34. The number of nitrogens with zero attached hydrogens (tertiary/aromatic N) is 6. The van der Waals surface area contributed by atoms with Crippen LogP contribution in [0, 0.1) is 12.8 Å². The smallest absolute Gasteiger partial charge is 0.261 e. The maximum absolute atomic E-state index is 13.1. The van der Waals surface area contributed by atoms with E-state index in [1.165, 1.54) is 6.20 Å². The van der Waals surface area contributed by atoms with Crippen LogP contribution in [-0.2, 0) is 4.79 Å². The summed E-state index contributed by atoms with van der Waals surface area (Å²) in [6.07, 6.45) is 13.0. The molecular formula is C23H23N7O2. The highest BCUT2D eigenvalue weighted by Gasteiger charge is 2.25. The molecule has 0 saturated heterocycles.